The van der Waals surface area contributed by atoms with Gasteiger partial charge in [0, 0.05) is 5.54 Å². The van der Waals surface area contributed by atoms with Gasteiger partial charge in [0.2, 0.25) is 0 Å². The fourth-order valence-electron chi connectivity index (χ4n) is 1.66. The molecular formula is C15H23NO3. The molecule has 4 nitrogen and oxygen atoms in total. The van der Waals surface area contributed by atoms with Crippen LogP contribution in [0.25, 0.3) is 0 Å². The molecule has 0 fully saturated rings. The second kappa shape index (κ2) is 6.17. The molecule has 0 atom stereocenters. The molecule has 0 aliphatic heterocycles. The molecule has 0 radical (unpaired) electrons. The van der Waals surface area contributed by atoms with Crippen LogP contribution in [0, 0.1) is 6.92 Å². The Kier molecular flexibility index (Phi) is 5.09. The van der Waals surface area contributed by atoms with Gasteiger partial charge in [-0.15, -0.1) is 0 Å². The molecule has 0 amide bonds. The van der Waals surface area contributed by atoms with Crippen LogP contribution in [-0.2, 0) is 0 Å². The van der Waals surface area contributed by atoms with Crippen molar-refractivity contribution in [2.45, 2.75) is 26.3 Å². The zero-order chi connectivity index (χ0) is 14.6. The summed E-state index contributed by atoms with van der Waals surface area (Å²) < 4.78 is 5.25. The van der Waals surface area contributed by atoms with E-state index in [-0.39, 0.29) is 18.9 Å². The van der Waals surface area contributed by atoms with Gasteiger partial charge in [0.15, 0.2) is 5.78 Å². The summed E-state index contributed by atoms with van der Waals surface area (Å²) in [6, 6.07) is 5.54. The molecule has 19 heavy (non-hydrogen) atoms. The number of benzene rings is 1. The monoisotopic (exact) mass is 265 g/mol. The zero-order valence-corrected chi connectivity index (χ0v) is 12.4. The quantitative estimate of drug-likeness (QED) is 0.798. The van der Waals surface area contributed by atoms with Gasteiger partial charge >= 0.3 is 0 Å². The molecule has 0 heterocycles. The second-order valence-electron chi connectivity index (χ2n) is 5.45. The molecule has 1 aromatic carbocycles. The van der Waals surface area contributed by atoms with Gasteiger partial charge in [-0.2, -0.15) is 0 Å². The molecule has 4 heteroatoms. The van der Waals surface area contributed by atoms with Gasteiger partial charge in [-0.1, -0.05) is 6.07 Å². The zero-order valence-electron chi connectivity index (χ0n) is 12.4. The van der Waals surface area contributed by atoms with Crippen molar-refractivity contribution in [2.24, 2.45) is 0 Å². The molecule has 0 aromatic heterocycles. The van der Waals surface area contributed by atoms with Crippen LogP contribution in [0.4, 0.5) is 0 Å². The minimum Gasteiger partial charge on any atom is -0.496 e. The number of carbonyl (C=O) groups excluding carboxylic acids is 1. The molecule has 0 saturated carbocycles. The fourth-order valence-corrected chi connectivity index (χ4v) is 1.66. The van der Waals surface area contributed by atoms with Crippen LogP contribution >= 0.6 is 0 Å². The van der Waals surface area contributed by atoms with E-state index in [9.17, 15) is 9.90 Å². The lowest BCUT2D eigenvalue weighted by Gasteiger charge is -2.33. The molecule has 0 aliphatic carbocycles. The number of rotatable bonds is 6. The van der Waals surface area contributed by atoms with E-state index in [2.05, 4.69) is 0 Å². The third-order valence-corrected chi connectivity index (χ3v) is 3.46. The summed E-state index contributed by atoms with van der Waals surface area (Å²) in [4.78, 5) is 14.1. The molecule has 0 spiro atoms. The van der Waals surface area contributed by atoms with Crippen molar-refractivity contribution in [2.75, 3.05) is 27.3 Å². The number of Topliss-reactive ketones (excluding diaryl/α,β-unsaturated/α-hetero) is 1. The number of aliphatic hydroxyl groups excluding tert-OH is 1. The van der Waals surface area contributed by atoms with Gasteiger partial charge in [-0.3, -0.25) is 9.69 Å². The number of aliphatic hydroxyl groups is 1. The summed E-state index contributed by atoms with van der Waals surface area (Å²) in [5, 5.41) is 9.31. The Morgan fingerprint density at radius 3 is 2.58 bits per heavy atom. The van der Waals surface area contributed by atoms with Crippen LogP contribution in [0.5, 0.6) is 5.75 Å². The van der Waals surface area contributed by atoms with Gasteiger partial charge in [0.1, 0.15) is 5.75 Å². The highest BCUT2D eigenvalue weighted by Gasteiger charge is 2.25. The standard InChI is InChI=1S/C15H23NO3/c1-11-6-7-12(14(8-11)19-5)13(18)9-16(4)15(2,3)10-17/h6-8,17H,9-10H2,1-5H3. The van der Waals surface area contributed by atoms with Crippen molar-refractivity contribution in [1.82, 2.24) is 4.90 Å². The lowest BCUT2D eigenvalue weighted by atomic mass is 10.0. The summed E-state index contributed by atoms with van der Waals surface area (Å²) in [5.41, 5.74) is 1.21. The van der Waals surface area contributed by atoms with Crippen LogP contribution in [0.2, 0.25) is 0 Å². The van der Waals surface area contributed by atoms with Crippen LogP contribution < -0.4 is 4.74 Å². The molecule has 0 unspecified atom stereocenters. The number of likely N-dealkylation sites (N-methyl/N-ethyl adjacent to an activating group) is 1. The Hall–Kier alpha value is -1.39. The topological polar surface area (TPSA) is 49.8 Å². The number of hydrogen-bond donors (Lipinski definition) is 1. The number of methoxy groups -OCH3 is 1. The molecule has 0 bridgehead atoms. The van der Waals surface area contributed by atoms with Crippen molar-refractivity contribution < 1.29 is 14.6 Å². The Morgan fingerprint density at radius 1 is 1.42 bits per heavy atom. The van der Waals surface area contributed by atoms with Crippen molar-refractivity contribution in [3.05, 3.63) is 29.3 Å². The third-order valence-electron chi connectivity index (χ3n) is 3.46. The fraction of sp³-hybridized carbons (Fsp3) is 0.533. The van der Waals surface area contributed by atoms with Crippen molar-refractivity contribution in [3.63, 3.8) is 0 Å². The highest BCUT2D eigenvalue weighted by Crippen LogP contribution is 2.21. The maximum Gasteiger partial charge on any atom is 0.180 e. The summed E-state index contributed by atoms with van der Waals surface area (Å²) in [6.07, 6.45) is 0. The first-order chi connectivity index (χ1) is 8.81. The average molecular weight is 265 g/mol. The average Bonchev–Trinajstić information content (AvgIpc) is 2.38. The first-order valence-corrected chi connectivity index (χ1v) is 6.31. The lowest BCUT2D eigenvalue weighted by Crippen LogP contribution is -2.46. The lowest BCUT2D eigenvalue weighted by molar-refractivity contribution is 0.0657. The number of hydrogen-bond acceptors (Lipinski definition) is 4. The highest BCUT2D eigenvalue weighted by atomic mass is 16.5. The maximum atomic E-state index is 12.3. The minimum atomic E-state index is -0.423. The summed E-state index contributed by atoms with van der Waals surface area (Å²) in [7, 11) is 3.39. The summed E-state index contributed by atoms with van der Waals surface area (Å²) in [6.45, 7) is 5.99. The molecule has 106 valence electrons. The molecule has 1 N–H and O–H groups in total. The van der Waals surface area contributed by atoms with Crippen molar-refractivity contribution in [3.8, 4) is 5.75 Å². The van der Waals surface area contributed by atoms with E-state index in [1.54, 1.807) is 13.2 Å². The van der Waals surface area contributed by atoms with E-state index in [0.717, 1.165) is 5.56 Å². The normalized spacial score (nSPS) is 11.7. The molecule has 1 rings (SSSR count). The number of aryl methyl sites for hydroxylation is 1. The summed E-state index contributed by atoms with van der Waals surface area (Å²) >= 11 is 0. The largest absolute Gasteiger partial charge is 0.496 e. The maximum absolute atomic E-state index is 12.3. The van der Waals surface area contributed by atoms with Crippen LogP contribution in [-0.4, -0.2) is 48.6 Å². The molecular weight excluding hydrogens is 242 g/mol. The predicted octanol–water partition coefficient (Wildman–Crippen LogP) is 1.89. The van der Waals surface area contributed by atoms with E-state index in [0.29, 0.717) is 11.3 Å². The minimum absolute atomic E-state index is 0.00180. The van der Waals surface area contributed by atoms with E-state index in [4.69, 9.17) is 4.74 Å². The number of ketones is 1. The van der Waals surface area contributed by atoms with Crippen LogP contribution in [0.15, 0.2) is 18.2 Å². The molecule has 1 aromatic rings. The van der Waals surface area contributed by atoms with Gasteiger partial charge in [-0.25, -0.2) is 0 Å². The van der Waals surface area contributed by atoms with Crippen molar-refractivity contribution in [1.29, 1.82) is 0 Å². The Labute approximate surface area is 115 Å². The predicted molar refractivity (Wildman–Crippen MR) is 75.9 cm³/mol. The Morgan fingerprint density at radius 2 is 2.05 bits per heavy atom. The van der Waals surface area contributed by atoms with Crippen LogP contribution in [0.1, 0.15) is 29.8 Å². The summed E-state index contributed by atoms with van der Waals surface area (Å²) in [5.74, 6) is 0.584. The molecule has 0 aliphatic rings. The SMILES string of the molecule is COc1cc(C)ccc1C(=O)CN(C)C(C)(C)CO. The third kappa shape index (κ3) is 3.78. The number of carbonyl (C=O) groups is 1. The second-order valence-corrected chi connectivity index (χ2v) is 5.45. The van der Waals surface area contributed by atoms with E-state index >= 15 is 0 Å². The van der Waals surface area contributed by atoms with Gasteiger partial charge < -0.3 is 9.84 Å². The first kappa shape index (κ1) is 15.7. The van der Waals surface area contributed by atoms with E-state index in [1.807, 2.05) is 44.9 Å². The van der Waals surface area contributed by atoms with Gasteiger partial charge in [0.25, 0.3) is 0 Å². The first-order valence-electron chi connectivity index (χ1n) is 6.31. The number of ether oxygens (including phenoxy) is 1. The van der Waals surface area contributed by atoms with Gasteiger partial charge in [0.05, 0.1) is 25.8 Å². The number of nitrogens with zero attached hydrogens (tertiary/aromatic N) is 1. The Bertz CT molecular complexity index is 455. The van der Waals surface area contributed by atoms with Crippen molar-refractivity contribution >= 4 is 5.78 Å². The smallest absolute Gasteiger partial charge is 0.180 e. The van der Waals surface area contributed by atoms with E-state index < -0.39 is 5.54 Å². The van der Waals surface area contributed by atoms with E-state index in [1.165, 1.54) is 0 Å². The van der Waals surface area contributed by atoms with Gasteiger partial charge in [-0.05, 0) is 45.5 Å². The Balaban J connectivity index is 2.90. The van der Waals surface area contributed by atoms with Crippen LogP contribution in [0.3, 0.4) is 0 Å². The molecule has 0 saturated heterocycles. The highest BCUT2D eigenvalue weighted by molar-refractivity contribution is 6.00.